The molecule has 0 atom stereocenters. The number of nitrogens with one attached hydrogen (secondary N) is 2. The van der Waals surface area contributed by atoms with Crippen LogP contribution in [0.4, 0.5) is 17.5 Å². The van der Waals surface area contributed by atoms with Crippen LogP contribution in [0.5, 0.6) is 0 Å². The van der Waals surface area contributed by atoms with Gasteiger partial charge in [0.1, 0.15) is 0 Å². The summed E-state index contributed by atoms with van der Waals surface area (Å²) in [5.74, 6) is 1.23. The summed E-state index contributed by atoms with van der Waals surface area (Å²) in [6, 6.07) is 8.19. The van der Waals surface area contributed by atoms with E-state index in [1.807, 2.05) is 32.3 Å². The first-order chi connectivity index (χ1) is 10.2. The molecule has 0 fully saturated rings. The Morgan fingerprint density at radius 1 is 1.19 bits per heavy atom. The maximum absolute atomic E-state index is 4.43. The molecule has 6 heteroatoms. The van der Waals surface area contributed by atoms with Crippen LogP contribution in [0, 0.1) is 0 Å². The third-order valence-electron chi connectivity index (χ3n) is 3.06. The third-order valence-corrected chi connectivity index (χ3v) is 3.06. The maximum atomic E-state index is 4.43. The molecular weight excluding hydrogens is 264 g/mol. The molecule has 0 aliphatic heterocycles. The van der Waals surface area contributed by atoms with Crippen LogP contribution >= 0.6 is 0 Å². The van der Waals surface area contributed by atoms with Gasteiger partial charge in [-0.1, -0.05) is 25.1 Å². The lowest BCUT2D eigenvalue weighted by molar-refractivity contribution is 0.425. The van der Waals surface area contributed by atoms with Crippen molar-refractivity contribution in [2.24, 2.45) is 0 Å². The monoisotopic (exact) mass is 286 g/mol. The van der Waals surface area contributed by atoms with Crippen molar-refractivity contribution >= 4 is 17.5 Å². The number of nitrogens with zero attached hydrogens (tertiary/aromatic N) is 4. The van der Waals surface area contributed by atoms with E-state index in [9.17, 15) is 0 Å². The van der Waals surface area contributed by atoms with Crippen molar-refractivity contribution in [2.75, 3.05) is 37.8 Å². The molecule has 0 saturated carbocycles. The van der Waals surface area contributed by atoms with Crippen LogP contribution < -0.4 is 10.6 Å². The summed E-state index contributed by atoms with van der Waals surface area (Å²) in [6.45, 7) is 3.83. The number of rotatable bonds is 7. The molecule has 6 nitrogen and oxygen atoms in total. The molecule has 0 bridgehead atoms. The van der Waals surface area contributed by atoms with Gasteiger partial charge in [0.05, 0.1) is 6.20 Å². The molecule has 21 heavy (non-hydrogen) atoms. The van der Waals surface area contributed by atoms with Crippen LogP contribution in [0.1, 0.15) is 12.5 Å². The predicted octanol–water partition coefficient (Wildman–Crippen LogP) is 2.15. The molecular formula is C15H22N6. The molecule has 112 valence electrons. The van der Waals surface area contributed by atoms with Gasteiger partial charge < -0.3 is 15.5 Å². The normalized spacial score (nSPS) is 10.7. The highest BCUT2D eigenvalue weighted by atomic mass is 15.3. The van der Waals surface area contributed by atoms with Crippen molar-refractivity contribution in [1.29, 1.82) is 0 Å². The van der Waals surface area contributed by atoms with Gasteiger partial charge in [0.2, 0.25) is 5.95 Å². The number of aryl methyl sites for hydroxylation is 1. The Morgan fingerprint density at radius 2 is 2.00 bits per heavy atom. The predicted molar refractivity (Wildman–Crippen MR) is 86.0 cm³/mol. The summed E-state index contributed by atoms with van der Waals surface area (Å²) >= 11 is 0. The first kappa shape index (κ1) is 15.2. The summed E-state index contributed by atoms with van der Waals surface area (Å²) in [6.07, 6.45) is 2.60. The average molecular weight is 286 g/mol. The molecule has 2 rings (SSSR count). The van der Waals surface area contributed by atoms with Crippen LogP contribution in [-0.4, -0.2) is 47.3 Å². The van der Waals surface area contributed by atoms with Crippen molar-refractivity contribution < 1.29 is 0 Å². The van der Waals surface area contributed by atoms with E-state index in [1.54, 1.807) is 6.20 Å². The Kier molecular flexibility index (Phi) is 5.45. The van der Waals surface area contributed by atoms with Crippen LogP contribution in [0.3, 0.4) is 0 Å². The zero-order valence-corrected chi connectivity index (χ0v) is 12.8. The first-order valence-corrected chi connectivity index (χ1v) is 7.12. The number of likely N-dealkylation sites (N-methyl/N-ethyl adjacent to an activating group) is 1. The molecule has 1 heterocycles. The minimum Gasteiger partial charge on any atom is -0.352 e. The number of aromatic nitrogens is 3. The Labute approximate surface area is 125 Å². The molecule has 2 N–H and O–H groups in total. The van der Waals surface area contributed by atoms with Crippen molar-refractivity contribution in [1.82, 2.24) is 20.1 Å². The van der Waals surface area contributed by atoms with Crippen molar-refractivity contribution in [2.45, 2.75) is 13.3 Å². The fourth-order valence-electron chi connectivity index (χ4n) is 1.92. The van der Waals surface area contributed by atoms with E-state index in [1.165, 1.54) is 5.56 Å². The number of para-hydroxylation sites is 1. The zero-order valence-electron chi connectivity index (χ0n) is 12.8. The van der Waals surface area contributed by atoms with Crippen molar-refractivity contribution in [3.05, 3.63) is 36.0 Å². The minimum atomic E-state index is 0.538. The molecule has 0 amide bonds. The standard InChI is InChI=1S/C15H22N6/c1-4-12-7-5-6-8-13(12)18-14-11-17-20-15(19-14)16-9-10-21(2)3/h5-8,11H,4,9-10H2,1-3H3,(H2,16,18,19,20). The van der Waals surface area contributed by atoms with E-state index >= 15 is 0 Å². The minimum absolute atomic E-state index is 0.538. The molecule has 0 spiro atoms. The zero-order chi connectivity index (χ0) is 15.1. The highest BCUT2D eigenvalue weighted by molar-refractivity contribution is 5.60. The highest BCUT2D eigenvalue weighted by Crippen LogP contribution is 2.19. The molecule has 0 radical (unpaired) electrons. The summed E-state index contributed by atoms with van der Waals surface area (Å²) < 4.78 is 0. The second-order valence-electron chi connectivity index (χ2n) is 5.03. The van der Waals surface area contributed by atoms with E-state index in [4.69, 9.17) is 0 Å². The third kappa shape index (κ3) is 4.68. The van der Waals surface area contributed by atoms with Crippen LogP contribution in [0.25, 0.3) is 0 Å². The molecule has 1 aromatic heterocycles. The van der Waals surface area contributed by atoms with Gasteiger partial charge in [-0.3, -0.25) is 0 Å². The number of anilines is 3. The van der Waals surface area contributed by atoms with Gasteiger partial charge in [-0.15, -0.1) is 5.10 Å². The Hall–Kier alpha value is -2.21. The lowest BCUT2D eigenvalue weighted by atomic mass is 10.1. The lowest BCUT2D eigenvalue weighted by Crippen LogP contribution is -2.21. The van der Waals surface area contributed by atoms with E-state index in [0.717, 1.165) is 25.2 Å². The van der Waals surface area contributed by atoms with Gasteiger partial charge in [0.25, 0.3) is 0 Å². The van der Waals surface area contributed by atoms with Gasteiger partial charge in [-0.25, -0.2) is 0 Å². The molecule has 0 aliphatic carbocycles. The van der Waals surface area contributed by atoms with Crippen molar-refractivity contribution in [3.8, 4) is 0 Å². The molecule has 2 aromatic rings. The molecule has 0 unspecified atom stereocenters. The molecule has 0 saturated heterocycles. The van der Waals surface area contributed by atoms with E-state index in [-0.39, 0.29) is 0 Å². The SMILES string of the molecule is CCc1ccccc1Nc1cnnc(NCCN(C)C)n1. The number of benzene rings is 1. The second-order valence-corrected chi connectivity index (χ2v) is 5.03. The Morgan fingerprint density at radius 3 is 2.76 bits per heavy atom. The van der Waals surface area contributed by atoms with Crippen molar-refractivity contribution in [3.63, 3.8) is 0 Å². The highest BCUT2D eigenvalue weighted by Gasteiger charge is 2.03. The quantitative estimate of drug-likeness (QED) is 0.813. The van der Waals surface area contributed by atoms with Crippen LogP contribution in [0.2, 0.25) is 0 Å². The Balaban J connectivity index is 2.03. The van der Waals surface area contributed by atoms with Gasteiger partial charge in [0, 0.05) is 18.8 Å². The molecule has 0 aliphatic rings. The van der Waals surface area contributed by atoms with Gasteiger partial charge in [-0.05, 0) is 32.1 Å². The van der Waals surface area contributed by atoms with Gasteiger partial charge >= 0.3 is 0 Å². The second kappa shape index (κ2) is 7.54. The van der Waals surface area contributed by atoms with E-state index in [2.05, 4.69) is 43.7 Å². The topological polar surface area (TPSA) is 66.0 Å². The maximum Gasteiger partial charge on any atom is 0.244 e. The largest absolute Gasteiger partial charge is 0.352 e. The Bertz CT molecular complexity index is 570. The van der Waals surface area contributed by atoms with E-state index < -0.39 is 0 Å². The fourth-order valence-corrected chi connectivity index (χ4v) is 1.92. The number of hydrogen-bond acceptors (Lipinski definition) is 6. The van der Waals surface area contributed by atoms with Gasteiger partial charge in [-0.2, -0.15) is 10.1 Å². The van der Waals surface area contributed by atoms with Crippen LogP contribution in [-0.2, 0) is 6.42 Å². The van der Waals surface area contributed by atoms with Crippen LogP contribution in [0.15, 0.2) is 30.5 Å². The molecule has 1 aromatic carbocycles. The first-order valence-electron chi connectivity index (χ1n) is 7.12. The lowest BCUT2D eigenvalue weighted by Gasteiger charge is -2.12. The average Bonchev–Trinajstić information content (AvgIpc) is 2.48. The summed E-state index contributed by atoms with van der Waals surface area (Å²) in [4.78, 5) is 6.52. The summed E-state index contributed by atoms with van der Waals surface area (Å²) in [7, 11) is 4.06. The van der Waals surface area contributed by atoms with Gasteiger partial charge in [0.15, 0.2) is 5.82 Å². The number of hydrogen-bond donors (Lipinski definition) is 2. The smallest absolute Gasteiger partial charge is 0.244 e. The summed E-state index contributed by atoms with van der Waals surface area (Å²) in [5.41, 5.74) is 2.30. The fraction of sp³-hybridized carbons (Fsp3) is 0.400. The summed E-state index contributed by atoms with van der Waals surface area (Å²) in [5, 5.41) is 14.4. The van der Waals surface area contributed by atoms with E-state index in [0.29, 0.717) is 11.8 Å².